The molecule has 1 saturated heterocycles. The van der Waals surface area contributed by atoms with Crippen LogP contribution in [0.3, 0.4) is 0 Å². The Hall–Kier alpha value is -0.500. The van der Waals surface area contributed by atoms with E-state index in [4.69, 9.17) is 9.26 Å². The van der Waals surface area contributed by atoms with Crippen molar-refractivity contribution in [1.82, 2.24) is 4.90 Å². The Labute approximate surface area is 184 Å². The molecule has 5 nitrogen and oxygen atoms in total. The predicted molar refractivity (Wildman–Crippen MR) is 122 cm³/mol. The largest absolute Gasteiger partial charge is 0.518 e. The number of carbonyl (C=O) groups excluding carboxylic acids is 1. The van der Waals surface area contributed by atoms with Crippen LogP contribution in [0.4, 0.5) is 4.79 Å². The highest BCUT2D eigenvalue weighted by atomic mass is 31.1. The molecule has 0 aromatic carbocycles. The van der Waals surface area contributed by atoms with Crippen LogP contribution in [-0.2, 0) is 9.26 Å². The number of likely N-dealkylation sites (tertiary alicyclic amines) is 1. The molecule has 0 radical (unpaired) electrons. The quantitative estimate of drug-likeness (QED) is 0.284. The van der Waals surface area contributed by atoms with E-state index < -0.39 is 6.16 Å². The van der Waals surface area contributed by atoms with E-state index in [2.05, 4.69) is 45.8 Å². The van der Waals surface area contributed by atoms with Crippen molar-refractivity contribution in [3.05, 3.63) is 11.6 Å². The maximum absolute atomic E-state index is 11.9. The first-order valence-electron chi connectivity index (χ1n) is 11.8. The third-order valence-electron chi connectivity index (χ3n) is 10.1. The van der Waals surface area contributed by atoms with Crippen LogP contribution in [0.2, 0.25) is 0 Å². The van der Waals surface area contributed by atoms with E-state index in [9.17, 15) is 4.79 Å². The lowest BCUT2D eigenvalue weighted by atomic mass is 9.47. The predicted octanol–water partition coefficient (Wildman–Crippen LogP) is 6.24. The van der Waals surface area contributed by atoms with E-state index in [-0.39, 0.29) is 20.1 Å². The molecular weight excluding hydrogens is 414 g/mol. The summed E-state index contributed by atoms with van der Waals surface area (Å²) in [5.41, 5.74) is 2.42. The summed E-state index contributed by atoms with van der Waals surface area (Å²) in [7, 11) is 4.81. The zero-order valence-electron chi connectivity index (χ0n) is 18.5. The van der Waals surface area contributed by atoms with Gasteiger partial charge in [0.1, 0.15) is 6.10 Å². The Balaban J connectivity index is 1.33. The summed E-state index contributed by atoms with van der Waals surface area (Å²) in [6.45, 7) is 6.30. The van der Waals surface area contributed by atoms with E-state index in [1.165, 1.54) is 38.6 Å². The second kappa shape index (κ2) is 7.82. The number of allylic oxidation sites excluding steroid dienone is 1. The van der Waals surface area contributed by atoms with Gasteiger partial charge in [-0.15, -0.1) is 0 Å². The minimum absolute atomic E-state index is 0.0526. The van der Waals surface area contributed by atoms with E-state index in [1.54, 1.807) is 5.57 Å². The first-order chi connectivity index (χ1) is 14.4. The average Bonchev–Trinajstić information content (AvgIpc) is 3.21. The highest BCUT2D eigenvalue weighted by molar-refractivity contribution is 7.31. The molecule has 7 heteroatoms. The molecule has 0 aromatic heterocycles. The molecule has 0 amide bonds. The van der Waals surface area contributed by atoms with Gasteiger partial charge in [-0.1, -0.05) is 18.6 Å². The van der Waals surface area contributed by atoms with Gasteiger partial charge in [0.05, 0.1) is 0 Å². The van der Waals surface area contributed by atoms with Gasteiger partial charge in [0.15, 0.2) is 0 Å². The zero-order valence-corrected chi connectivity index (χ0v) is 20.6. The van der Waals surface area contributed by atoms with E-state index in [1.807, 2.05) is 0 Å². The monoisotopic (exact) mass is 450 g/mol. The van der Waals surface area contributed by atoms with Crippen LogP contribution < -0.4 is 0 Å². The minimum atomic E-state index is -0.596. The average molecular weight is 451 g/mol. The molecule has 30 heavy (non-hydrogen) atoms. The Bertz CT molecular complexity index is 774. The van der Waals surface area contributed by atoms with Crippen molar-refractivity contribution in [3.8, 4) is 0 Å². The van der Waals surface area contributed by atoms with Crippen molar-refractivity contribution >= 4 is 24.1 Å². The molecule has 1 unspecified atom stereocenters. The number of ether oxygens (including phenoxy) is 1. The fourth-order valence-corrected chi connectivity index (χ4v) is 9.04. The molecule has 166 valence electrons. The van der Waals surface area contributed by atoms with Crippen LogP contribution in [0.1, 0.15) is 65.2 Å². The number of nitrogens with zero attached hydrogens (tertiary/aromatic N) is 2. The van der Waals surface area contributed by atoms with E-state index in [0.29, 0.717) is 5.41 Å². The molecule has 1 spiro atoms. The van der Waals surface area contributed by atoms with Crippen LogP contribution in [0.25, 0.3) is 0 Å². The van der Waals surface area contributed by atoms with Gasteiger partial charge in [-0.3, -0.25) is 0 Å². The van der Waals surface area contributed by atoms with Gasteiger partial charge in [0.25, 0.3) is 8.60 Å². The molecule has 1 heterocycles. The molecule has 5 rings (SSSR count). The Morgan fingerprint density at radius 1 is 1.23 bits per heavy atom. The number of rotatable bonds is 2. The summed E-state index contributed by atoms with van der Waals surface area (Å²) in [6, 6.07) is 0.752. The summed E-state index contributed by atoms with van der Waals surface area (Å²) < 4.78 is 14.2. The lowest BCUT2D eigenvalue weighted by Gasteiger charge is -2.58. The van der Waals surface area contributed by atoms with Crippen molar-refractivity contribution < 1.29 is 14.1 Å². The first-order valence-corrected chi connectivity index (χ1v) is 13.0. The standard InChI is InChI=1S/C23H36N2O3P2/c1-14-18-6-7-20-17-5-4-15-12-16(27-21(26)28-30-24-29)8-10-22(15,2)19(17)9-11-23(18,20)13-25(14)3/h4,14,16-20H,5-13,29H2,1-3H3/t14-,16-,17+,18+,19-,20-,22-,23-/m0/s1. The molecule has 0 N–H and O–H groups in total. The van der Waals surface area contributed by atoms with Crippen LogP contribution in [0.5, 0.6) is 0 Å². The van der Waals surface area contributed by atoms with E-state index in [0.717, 1.165) is 49.0 Å². The highest BCUT2D eigenvalue weighted by Gasteiger charge is 2.64. The van der Waals surface area contributed by atoms with Crippen LogP contribution in [-0.4, -0.2) is 36.8 Å². The van der Waals surface area contributed by atoms with Crippen molar-refractivity contribution in [2.75, 3.05) is 13.6 Å². The molecule has 3 saturated carbocycles. The fourth-order valence-electron chi connectivity index (χ4n) is 8.74. The summed E-state index contributed by atoms with van der Waals surface area (Å²) in [4.78, 5) is 14.5. The van der Waals surface area contributed by atoms with Crippen LogP contribution in [0, 0.1) is 34.5 Å². The summed E-state index contributed by atoms with van der Waals surface area (Å²) in [5, 5.41) is 0. The van der Waals surface area contributed by atoms with Gasteiger partial charge in [-0.25, -0.2) is 9.31 Å². The van der Waals surface area contributed by atoms with E-state index >= 15 is 0 Å². The Kier molecular flexibility index (Phi) is 5.57. The molecule has 0 aromatic rings. The van der Waals surface area contributed by atoms with Crippen LogP contribution in [0.15, 0.2) is 16.2 Å². The molecule has 9 atom stereocenters. The fraction of sp³-hybridized carbons (Fsp3) is 0.870. The molecule has 4 aliphatic carbocycles. The molecule has 5 aliphatic rings. The second-order valence-corrected chi connectivity index (χ2v) is 12.2. The topological polar surface area (TPSA) is 51.1 Å². The molecule has 1 aliphatic heterocycles. The lowest BCUT2D eigenvalue weighted by Crippen LogP contribution is -2.51. The van der Waals surface area contributed by atoms with Gasteiger partial charge in [-0.05, 0) is 103 Å². The number of hydrogen-bond acceptors (Lipinski definition) is 5. The van der Waals surface area contributed by atoms with Gasteiger partial charge in [0.2, 0.25) is 0 Å². The van der Waals surface area contributed by atoms with Gasteiger partial charge in [0, 0.05) is 19.0 Å². The zero-order chi connectivity index (χ0) is 21.1. The summed E-state index contributed by atoms with van der Waals surface area (Å²) in [5.74, 6) is 3.47. The summed E-state index contributed by atoms with van der Waals surface area (Å²) in [6.07, 6.45) is 11.8. The molecule has 4 fully saturated rings. The van der Waals surface area contributed by atoms with Crippen molar-refractivity contribution in [2.45, 2.75) is 77.4 Å². The number of carbonyl (C=O) groups is 1. The molecule has 0 bridgehead atoms. The number of hydrogen-bond donors (Lipinski definition) is 0. The normalized spacial score (nSPS) is 47.8. The van der Waals surface area contributed by atoms with Gasteiger partial charge >= 0.3 is 6.16 Å². The van der Waals surface area contributed by atoms with Crippen LogP contribution >= 0.6 is 18.0 Å². The second-order valence-electron chi connectivity index (χ2n) is 10.9. The lowest BCUT2D eigenvalue weighted by molar-refractivity contribution is -0.0507. The van der Waals surface area contributed by atoms with Crippen molar-refractivity contribution in [1.29, 1.82) is 0 Å². The van der Waals surface area contributed by atoms with Gasteiger partial charge < -0.3 is 14.2 Å². The maximum atomic E-state index is 11.9. The minimum Gasteiger partial charge on any atom is -0.430 e. The van der Waals surface area contributed by atoms with Gasteiger partial charge in [-0.2, -0.15) is 0 Å². The smallest absolute Gasteiger partial charge is 0.430 e. The third-order valence-corrected chi connectivity index (χ3v) is 10.7. The summed E-state index contributed by atoms with van der Waals surface area (Å²) >= 11 is 0. The maximum Gasteiger partial charge on any atom is 0.518 e. The Morgan fingerprint density at radius 3 is 2.83 bits per heavy atom. The SMILES string of the molecule is C[C@H]1[C@H]2CC[C@H]3[C@@H]4CC=C5C[C@@H](OC(=O)OP=NP)CC[C@]5(C)[C@H]4CC[C@]23CN1C. The van der Waals surface area contributed by atoms with Crippen molar-refractivity contribution in [3.63, 3.8) is 0 Å². The van der Waals surface area contributed by atoms with Crippen molar-refractivity contribution in [2.24, 2.45) is 39.0 Å². The first kappa shape index (κ1) is 21.4. The third kappa shape index (κ3) is 3.13. The highest BCUT2D eigenvalue weighted by Crippen LogP contribution is 2.68. The Morgan fingerprint density at radius 2 is 2.03 bits per heavy atom. The number of fused-ring (bicyclic) bond motifs is 4. The molecular formula is C23H36N2O3P2.